The highest BCUT2D eigenvalue weighted by atomic mass is 32.1. The highest BCUT2D eigenvalue weighted by molar-refractivity contribution is 7.13. The third-order valence-corrected chi connectivity index (χ3v) is 4.41. The molecule has 4 nitrogen and oxygen atoms in total. The zero-order valence-corrected chi connectivity index (χ0v) is 14.4. The second-order valence-corrected chi connectivity index (χ2v) is 6.28. The molecule has 0 aliphatic heterocycles. The van der Waals surface area contributed by atoms with Crippen molar-refractivity contribution in [2.24, 2.45) is 0 Å². The van der Waals surface area contributed by atoms with Crippen LogP contribution in [0, 0.1) is 17.5 Å². The first kappa shape index (κ1) is 19.7. The van der Waals surface area contributed by atoms with Crippen molar-refractivity contribution < 1.29 is 31.1 Å². The first-order valence-electron chi connectivity index (χ1n) is 7.50. The minimum Gasteiger partial charge on any atom is -0.295 e. The summed E-state index contributed by atoms with van der Waals surface area (Å²) < 4.78 is 78.0. The molecular weight excluding hydrogens is 408 g/mol. The Bertz CT molecular complexity index is 1030. The van der Waals surface area contributed by atoms with Crippen molar-refractivity contribution in [1.82, 2.24) is 10.4 Å². The zero-order chi connectivity index (χ0) is 20.5. The summed E-state index contributed by atoms with van der Waals surface area (Å²) in [6.07, 6.45) is -4.52. The number of carbonyl (C=O) groups is 1. The molecule has 0 aliphatic rings. The van der Waals surface area contributed by atoms with Crippen LogP contribution in [0.5, 0.6) is 0 Å². The molecule has 1 heterocycles. The molecule has 28 heavy (non-hydrogen) atoms. The van der Waals surface area contributed by atoms with Crippen LogP contribution in [0.2, 0.25) is 0 Å². The maximum atomic E-state index is 13.5. The lowest BCUT2D eigenvalue weighted by Gasteiger charge is -2.09. The first-order chi connectivity index (χ1) is 13.2. The van der Waals surface area contributed by atoms with Gasteiger partial charge in [0.25, 0.3) is 5.91 Å². The van der Waals surface area contributed by atoms with Gasteiger partial charge in [-0.3, -0.25) is 15.6 Å². The number of amides is 1. The number of anilines is 1. The fourth-order valence-electron chi connectivity index (χ4n) is 2.15. The van der Waals surface area contributed by atoms with Gasteiger partial charge in [-0.1, -0.05) is 12.1 Å². The van der Waals surface area contributed by atoms with Crippen LogP contribution in [-0.2, 0) is 6.18 Å². The van der Waals surface area contributed by atoms with E-state index < -0.39 is 40.8 Å². The molecule has 0 saturated carbocycles. The Kier molecular flexibility index (Phi) is 5.27. The van der Waals surface area contributed by atoms with E-state index in [-0.39, 0.29) is 16.3 Å². The van der Waals surface area contributed by atoms with Gasteiger partial charge in [0.15, 0.2) is 17.5 Å². The third-order valence-electron chi connectivity index (χ3n) is 3.52. The number of rotatable bonds is 4. The predicted octanol–water partition coefficient (Wildman–Crippen LogP) is 5.00. The van der Waals surface area contributed by atoms with Gasteiger partial charge in [-0.15, -0.1) is 11.3 Å². The van der Waals surface area contributed by atoms with Gasteiger partial charge < -0.3 is 0 Å². The van der Waals surface area contributed by atoms with Crippen LogP contribution in [0.3, 0.4) is 0 Å². The summed E-state index contributed by atoms with van der Waals surface area (Å²) in [4.78, 5) is 16.0. The molecule has 11 heteroatoms. The number of thiazole rings is 1. The summed E-state index contributed by atoms with van der Waals surface area (Å²) in [5, 5.41) is 1.45. The van der Waals surface area contributed by atoms with E-state index in [2.05, 4.69) is 10.4 Å². The molecular formula is C17H9F6N3OS. The van der Waals surface area contributed by atoms with Crippen molar-refractivity contribution in [2.45, 2.75) is 6.18 Å². The molecule has 3 aromatic rings. The summed E-state index contributed by atoms with van der Waals surface area (Å²) in [5.74, 6) is -5.47. The van der Waals surface area contributed by atoms with Crippen LogP contribution in [0.25, 0.3) is 10.6 Å². The van der Waals surface area contributed by atoms with Gasteiger partial charge >= 0.3 is 6.18 Å². The zero-order valence-electron chi connectivity index (χ0n) is 13.6. The molecule has 0 fully saturated rings. The Labute approximate surface area is 157 Å². The van der Waals surface area contributed by atoms with Crippen LogP contribution in [0.15, 0.2) is 41.8 Å². The normalized spacial score (nSPS) is 11.4. The van der Waals surface area contributed by atoms with Crippen LogP contribution >= 0.6 is 11.3 Å². The SMILES string of the molecule is O=C(NNc1ccc(F)c(F)c1F)c1csc(-c2cccc(C(F)(F)F)c2)n1. The molecule has 2 aromatic carbocycles. The Hall–Kier alpha value is -3.08. The number of nitrogens with zero attached hydrogens (tertiary/aromatic N) is 1. The molecule has 2 N–H and O–H groups in total. The minimum absolute atomic E-state index is 0.159. The lowest BCUT2D eigenvalue weighted by molar-refractivity contribution is -0.137. The molecule has 0 aliphatic carbocycles. The van der Waals surface area contributed by atoms with Gasteiger partial charge in [0, 0.05) is 10.9 Å². The van der Waals surface area contributed by atoms with Crippen LogP contribution in [-0.4, -0.2) is 10.9 Å². The van der Waals surface area contributed by atoms with Crippen LogP contribution < -0.4 is 10.9 Å². The van der Waals surface area contributed by atoms with Gasteiger partial charge in [-0.25, -0.2) is 18.2 Å². The quantitative estimate of drug-likeness (QED) is 0.357. The number of hydrogen-bond donors (Lipinski definition) is 2. The molecule has 0 unspecified atom stereocenters. The third kappa shape index (κ3) is 4.09. The second kappa shape index (κ2) is 7.50. The van der Waals surface area contributed by atoms with E-state index >= 15 is 0 Å². The minimum atomic E-state index is -4.52. The number of hydrazine groups is 1. The van der Waals surface area contributed by atoms with Gasteiger partial charge in [-0.2, -0.15) is 13.2 Å². The summed E-state index contributed by atoms with van der Waals surface area (Å²) in [6, 6.07) is 5.97. The van der Waals surface area contributed by atoms with Gasteiger partial charge in [0.1, 0.15) is 10.7 Å². The highest BCUT2D eigenvalue weighted by Gasteiger charge is 2.30. The summed E-state index contributed by atoms with van der Waals surface area (Å²) >= 11 is 0.929. The smallest absolute Gasteiger partial charge is 0.295 e. The molecule has 146 valence electrons. The van der Waals surface area contributed by atoms with E-state index in [1.165, 1.54) is 17.5 Å². The standard InChI is InChI=1S/C17H9F6N3OS/c18-10-4-5-11(14(20)13(10)19)25-26-15(27)12-7-28-16(24-12)8-2-1-3-9(6-8)17(21,22)23/h1-7,25H,(H,26,27). The second-order valence-electron chi connectivity index (χ2n) is 5.42. The van der Waals surface area contributed by atoms with Crippen LogP contribution in [0.4, 0.5) is 32.0 Å². The number of hydrogen-bond acceptors (Lipinski definition) is 4. The van der Waals surface area contributed by atoms with E-state index in [0.29, 0.717) is 6.07 Å². The van der Waals surface area contributed by atoms with Crippen molar-refractivity contribution >= 4 is 22.9 Å². The maximum Gasteiger partial charge on any atom is 0.416 e. The molecule has 0 saturated heterocycles. The molecule has 1 amide bonds. The van der Waals surface area contributed by atoms with E-state index in [9.17, 15) is 31.1 Å². The van der Waals surface area contributed by atoms with E-state index in [0.717, 1.165) is 29.5 Å². The molecule has 0 radical (unpaired) electrons. The largest absolute Gasteiger partial charge is 0.416 e. The molecule has 3 rings (SSSR count). The van der Waals surface area contributed by atoms with Gasteiger partial charge in [-0.05, 0) is 24.3 Å². The van der Waals surface area contributed by atoms with Crippen molar-refractivity contribution in [3.05, 3.63) is 70.5 Å². The van der Waals surface area contributed by atoms with E-state index in [4.69, 9.17) is 0 Å². The van der Waals surface area contributed by atoms with E-state index in [1.807, 2.05) is 5.43 Å². The first-order valence-corrected chi connectivity index (χ1v) is 8.38. The molecule has 1 aromatic heterocycles. The van der Waals surface area contributed by atoms with Gasteiger partial charge in [0.05, 0.1) is 11.3 Å². The number of carbonyl (C=O) groups excluding carboxylic acids is 1. The lowest BCUT2D eigenvalue weighted by Crippen LogP contribution is -2.30. The number of alkyl halides is 3. The summed E-state index contributed by atoms with van der Waals surface area (Å²) in [6.45, 7) is 0. The van der Waals surface area contributed by atoms with Crippen LogP contribution in [0.1, 0.15) is 16.1 Å². The summed E-state index contributed by atoms with van der Waals surface area (Å²) in [7, 11) is 0. The van der Waals surface area contributed by atoms with Crippen molar-refractivity contribution in [2.75, 3.05) is 5.43 Å². The molecule has 0 bridgehead atoms. The Balaban J connectivity index is 1.74. The van der Waals surface area contributed by atoms with Crippen molar-refractivity contribution in [1.29, 1.82) is 0 Å². The fourth-order valence-corrected chi connectivity index (χ4v) is 2.95. The Morgan fingerprint density at radius 2 is 1.79 bits per heavy atom. The fraction of sp³-hybridized carbons (Fsp3) is 0.0588. The average molecular weight is 417 g/mol. The molecule has 0 spiro atoms. The maximum absolute atomic E-state index is 13.5. The topological polar surface area (TPSA) is 54.0 Å². The number of benzene rings is 2. The predicted molar refractivity (Wildman–Crippen MR) is 90.0 cm³/mol. The monoisotopic (exact) mass is 417 g/mol. The van der Waals surface area contributed by atoms with Gasteiger partial charge in [0.2, 0.25) is 0 Å². The lowest BCUT2D eigenvalue weighted by atomic mass is 10.1. The summed E-state index contributed by atoms with van der Waals surface area (Å²) in [5.41, 5.74) is 2.77. The number of aromatic nitrogens is 1. The van der Waals surface area contributed by atoms with Crippen molar-refractivity contribution in [3.8, 4) is 10.6 Å². The number of halogens is 6. The Morgan fingerprint density at radius 3 is 2.50 bits per heavy atom. The van der Waals surface area contributed by atoms with E-state index in [1.54, 1.807) is 0 Å². The average Bonchev–Trinajstić information content (AvgIpc) is 3.15. The molecule has 0 atom stereocenters. The number of nitrogens with one attached hydrogen (secondary N) is 2. The van der Waals surface area contributed by atoms with Crippen molar-refractivity contribution in [3.63, 3.8) is 0 Å². The highest BCUT2D eigenvalue weighted by Crippen LogP contribution is 2.33. The Morgan fingerprint density at radius 1 is 1.04 bits per heavy atom.